The van der Waals surface area contributed by atoms with E-state index in [1.54, 1.807) is 0 Å². The van der Waals surface area contributed by atoms with Gasteiger partial charge in [-0.05, 0) is 32.4 Å². The van der Waals surface area contributed by atoms with Gasteiger partial charge >= 0.3 is 0 Å². The van der Waals surface area contributed by atoms with Crippen molar-refractivity contribution in [2.45, 2.75) is 52.9 Å². The Balaban J connectivity index is 1.89. The second-order valence-electron chi connectivity index (χ2n) is 5.01. The molecule has 2 heterocycles. The molecule has 2 aromatic heterocycles. The Hall–Kier alpha value is -1.62. The van der Waals surface area contributed by atoms with Crippen molar-refractivity contribution in [2.24, 2.45) is 0 Å². The zero-order valence-electron chi connectivity index (χ0n) is 12.0. The van der Waals surface area contributed by atoms with Crippen LogP contribution in [-0.2, 0) is 19.6 Å². The van der Waals surface area contributed by atoms with Gasteiger partial charge in [-0.1, -0.05) is 6.92 Å². The van der Waals surface area contributed by atoms with E-state index in [2.05, 4.69) is 57.8 Å². The Bertz CT molecular complexity index is 497. The zero-order valence-corrected chi connectivity index (χ0v) is 12.0. The van der Waals surface area contributed by atoms with Gasteiger partial charge in [-0.2, -0.15) is 10.2 Å². The summed E-state index contributed by atoms with van der Waals surface area (Å²) in [5.41, 5.74) is 2.45. The summed E-state index contributed by atoms with van der Waals surface area (Å²) in [5, 5.41) is 12.1. The fraction of sp³-hybridized carbons (Fsp3) is 0.571. The van der Waals surface area contributed by atoms with Crippen LogP contribution in [0.3, 0.4) is 0 Å². The van der Waals surface area contributed by atoms with Crippen molar-refractivity contribution in [1.29, 1.82) is 0 Å². The number of nitrogens with one attached hydrogen (secondary N) is 1. The molecule has 0 aliphatic carbocycles. The molecule has 0 spiro atoms. The monoisotopic (exact) mass is 261 g/mol. The first-order valence-corrected chi connectivity index (χ1v) is 6.96. The van der Waals surface area contributed by atoms with E-state index in [-0.39, 0.29) is 0 Å². The molecule has 5 nitrogen and oxygen atoms in total. The van der Waals surface area contributed by atoms with E-state index in [0.29, 0.717) is 6.04 Å². The van der Waals surface area contributed by atoms with Gasteiger partial charge in [-0.3, -0.25) is 9.36 Å². The lowest BCUT2D eigenvalue weighted by atomic mass is 10.3. The average Bonchev–Trinajstić information content (AvgIpc) is 2.99. The smallest absolute Gasteiger partial charge is 0.0525 e. The third kappa shape index (κ3) is 3.44. The highest BCUT2D eigenvalue weighted by molar-refractivity contribution is 5.03. The van der Waals surface area contributed by atoms with Crippen LogP contribution in [0.15, 0.2) is 24.5 Å². The number of rotatable bonds is 7. The molecule has 0 fully saturated rings. The standard InChI is InChI=1S/C14H23N5/c1-4-9-18-13(5-7-16-18)10-15-11-14-6-8-17-19(14)12(2)3/h5-8,12,15H,4,9-11H2,1-3H3. The van der Waals surface area contributed by atoms with Crippen LogP contribution in [-0.4, -0.2) is 19.6 Å². The van der Waals surface area contributed by atoms with Crippen molar-refractivity contribution in [1.82, 2.24) is 24.9 Å². The Morgan fingerprint density at radius 1 is 1.11 bits per heavy atom. The fourth-order valence-electron chi connectivity index (χ4n) is 2.19. The molecule has 1 N–H and O–H groups in total. The maximum atomic E-state index is 4.34. The highest BCUT2D eigenvalue weighted by atomic mass is 15.3. The molecule has 19 heavy (non-hydrogen) atoms. The molecule has 2 rings (SSSR count). The number of hydrogen-bond donors (Lipinski definition) is 1. The van der Waals surface area contributed by atoms with Crippen LogP contribution in [0.25, 0.3) is 0 Å². The molecular weight excluding hydrogens is 238 g/mol. The van der Waals surface area contributed by atoms with Gasteiger partial charge in [0.2, 0.25) is 0 Å². The van der Waals surface area contributed by atoms with Crippen LogP contribution in [0, 0.1) is 0 Å². The fourth-order valence-corrected chi connectivity index (χ4v) is 2.19. The highest BCUT2D eigenvalue weighted by Crippen LogP contribution is 2.08. The molecule has 104 valence electrons. The summed E-state index contributed by atoms with van der Waals surface area (Å²) >= 11 is 0. The van der Waals surface area contributed by atoms with E-state index in [9.17, 15) is 0 Å². The predicted octanol–water partition coefficient (Wildman–Crippen LogP) is 2.36. The molecule has 0 aromatic carbocycles. The van der Waals surface area contributed by atoms with Gasteiger partial charge < -0.3 is 5.32 Å². The van der Waals surface area contributed by atoms with Crippen molar-refractivity contribution < 1.29 is 0 Å². The van der Waals surface area contributed by atoms with Crippen molar-refractivity contribution in [2.75, 3.05) is 0 Å². The maximum absolute atomic E-state index is 4.34. The molecule has 0 bridgehead atoms. The molecule has 0 saturated carbocycles. The Kier molecular flexibility index (Phi) is 4.74. The molecule has 0 amide bonds. The number of aromatic nitrogens is 4. The van der Waals surface area contributed by atoms with Gasteiger partial charge in [0.25, 0.3) is 0 Å². The lowest BCUT2D eigenvalue weighted by Gasteiger charge is -2.12. The van der Waals surface area contributed by atoms with Crippen LogP contribution >= 0.6 is 0 Å². The second-order valence-corrected chi connectivity index (χ2v) is 5.01. The molecule has 0 aliphatic heterocycles. The van der Waals surface area contributed by atoms with Gasteiger partial charge in [0.05, 0.1) is 11.4 Å². The Morgan fingerprint density at radius 2 is 1.79 bits per heavy atom. The normalized spacial score (nSPS) is 11.4. The van der Waals surface area contributed by atoms with Crippen LogP contribution in [0.2, 0.25) is 0 Å². The van der Waals surface area contributed by atoms with Crippen molar-refractivity contribution >= 4 is 0 Å². The topological polar surface area (TPSA) is 47.7 Å². The largest absolute Gasteiger partial charge is 0.306 e. The molecule has 0 unspecified atom stereocenters. The quantitative estimate of drug-likeness (QED) is 0.832. The maximum Gasteiger partial charge on any atom is 0.0525 e. The molecule has 5 heteroatoms. The van der Waals surface area contributed by atoms with Crippen molar-refractivity contribution in [3.8, 4) is 0 Å². The Morgan fingerprint density at radius 3 is 2.53 bits per heavy atom. The van der Waals surface area contributed by atoms with Crippen molar-refractivity contribution in [3.63, 3.8) is 0 Å². The summed E-state index contributed by atoms with van der Waals surface area (Å²) in [4.78, 5) is 0. The summed E-state index contributed by atoms with van der Waals surface area (Å²) in [7, 11) is 0. The van der Waals surface area contributed by atoms with E-state index in [1.165, 1.54) is 11.4 Å². The average molecular weight is 261 g/mol. The minimum Gasteiger partial charge on any atom is -0.306 e. The summed E-state index contributed by atoms with van der Waals surface area (Å²) in [6, 6.07) is 4.54. The van der Waals surface area contributed by atoms with E-state index in [4.69, 9.17) is 0 Å². The number of nitrogens with zero attached hydrogens (tertiary/aromatic N) is 4. The minimum absolute atomic E-state index is 0.400. The van der Waals surface area contributed by atoms with Gasteiger partial charge in [0.1, 0.15) is 0 Å². The zero-order chi connectivity index (χ0) is 13.7. The van der Waals surface area contributed by atoms with Crippen LogP contribution in [0.1, 0.15) is 44.6 Å². The Labute approximate surface area is 114 Å². The third-order valence-corrected chi connectivity index (χ3v) is 3.09. The molecule has 0 saturated heterocycles. The first-order valence-electron chi connectivity index (χ1n) is 6.96. The van der Waals surface area contributed by atoms with E-state index >= 15 is 0 Å². The van der Waals surface area contributed by atoms with Gasteiger partial charge in [-0.25, -0.2) is 0 Å². The molecule has 2 aromatic rings. The molecule has 0 aliphatic rings. The van der Waals surface area contributed by atoms with E-state index in [1.807, 2.05) is 12.4 Å². The molecule has 0 radical (unpaired) electrons. The lowest BCUT2D eigenvalue weighted by molar-refractivity contribution is 0.489. The van der Waals surface area contributed by atoms with Crippen LogP contribution in [0.5, 0.6) is 0 Å². The number of hydrogen-bond acceptors (Lipinski definition) is 3. The summed E-state index contributed by atoms with van der Waals surface area (Å²) < 4.78 is 4.11. The van der Waals surface area contributed by atoms with E-state index < -0.39 is 0 Å². The summed E-state index contributed by atoms with van der Waals surface area (Å²) in [6.45, 7) is 9.10. The van der Waals surface area contributed by atoms with E-state index in [0.717, 1.165) is 26.1 Å². The SMILES string of the molecule is CCCn1nccc1CNCc1ccnn1C(C)C. The van der Waals surface area contributed by atoms with Crippen molar-refractivity contribution in [3.05, 3.63) is 35.9 Å². The second kappa shape index (κ2) is 6.52. The molecular formula is C14H23N5. The van der Waals surface area contributed by atoms with Gasteiger partial charge in [-0.15, -0.1) is 0 Å². The van der Waals surface area contributed by atoms with Gasteiger partial charge in [0.15, 0.2) is 0 Å². The number of aryl methyl sites for hydroxylation is 1. The van der Waals surface area contributed by atoms with Gasteiger partial charge in [0, 0.05) is 38.1 Å². The van der Waals surface area contributed by atoms with Crippen LogP contribution in [0.4, 0.5) is 0 Å². The predicted molar refractivity (Wildman–Crippen MR) is 75.7 cm³/mol. The first-order chi connectivity index (χ1) is 9.22. The minimum atomic E-state index is 0.400. The highest BCUT2D eigenvalue weighted by Gasteiger charge is 2.06. The third-order valence-electron chi connectivity index (χ3n) is 3.09. The van der Waals surface area contributed by atoms with Crippen LogP contribution < -0.4 is 5.32 Å². The first kappa shape index (κ1) is 13.8. The summed E-state index contributed by atoms with van der Waals surface area (Å²) in [6.07, 6.45) is 4.83. The molecule has 0 atom stereocenters. The summed E-state index contributed by atoms with van der Waals surface area (Å²) in [5.74, 6) is 0. The lowest BCUT2D eigenvalue weighted by Crippen LogP contribution is -2.19.